The summed E-state index contributed by atoms with van der Waals surface area (Å²) < 4.78 is 6.05. The Kier molecular flexibility index (Phi) is 7.05. The molecule has 2 atom stereocenters. The van der Waals surface area contributed by atoms with E-state index in [0.717, 1.165) is 81.9 Å². The quantitative estimate of drug-likeness (QED) is 0.402. The van der Waals surface area contributed by atoms with Crippen molar-refractivity contribution in [2.24, 2.45) is 0 Å². The number of rotatable bonds is 7. The van der Waals surface area contributed by atoms with Gasteiger partial charge in [-0.05, 0) is 81.3 Å². The molecule has 3 N–H and O–H groups in total. The van der Waals surface area contributed by atoms with Crippen LogP contribution in [0.15, 0.2) is 48.5 Å². The Morgan fingerprint density at radius 3 is 2.17 bits per heavy atom. The number of benzene rings is 2. The normalized spacial score (nSPS) is 22.5. The summed E-state index contributed by atoms with van der Waals surface area (Å²) in [6.07, 6.45) is 4.70. The zero-order valence-corrected chi connectivity index (χ0v) is 23.4. The van der Waals surface area contributed by atoms with Gasteiger partial charge in [0.05, 0.1) is 12.2 Å². The number of morpholine rings is 1. The summed E-state index contributed by atoms with van der Waals surface area (Å²) in [4.78, 5) is 33.7. The number of piperazine rings is 1. The van der Waals surface area contributed by atoms with Crippen LogP contribution >= 0.6 is 0 Å². The lowest BCUT2D eigenvalue weighted by Gasteiger charge is -2.34. The van der Waals surface area contributed by atoms with Gasteiger partial charge in [0.2, 0.25) is 11.9 Å². The van der Waals surface area contributed by atoms with Gasteiger partial charge in [0.1, 0.15) is 0 Å². The average molecular weight is 556 g/mol. The SMILES string of the molecule is CN1CCN(c2ccc(Nc3nc(-c4ccc(NC(=O)NC5CC5)cc4)nc(N4CC5CCC(C4)O5)n3)cc2)CC1. The second-order valence-electron chi connectivity index (χ2n) is 11.6. The number of carbonyl (C=O) groups is 1. The van der Waals surface area contributed by atoms with E-state index in [9.17, 15) is 4.79 Å². The Hall–Kier alpha value is -3.96. The van der Waals surface area contributed by atoms with Crippen molar-refractivity contribution < 1.29 is 9.53 Å². The van der Waals surface area contributed by atoms with Crippen molar-refractivity contribution in [3.63, 3.8) is 0 Å². The van der Waals surface area contributed by atoms with Crippen LogP contribution in [0.5, 0.6) is 0 Å². The van der Waals surface area contributed by atoms with E-state index < -0.39 is 0 Å². The number of fused-ring (bicyclic) bond motifs is 2. The summed E-state index contributed by atoms with van der Waals surface area (Å²) in [6.45, 7) is 5.76. The molecule has 2 unspecified atom stereocenters. The highest BCUT2D eigenvalue weighted by Gasteiger charge is 2.35. The number of hydrogen-bond donors (Lipinski definition) is 3. The van der Waals surface area contributed by atoms with Crippen molar-refractivity contribution in [1.29, 1.82) is 0 Å². The molecule has 3 aliphatic heterocycles. The first-order valence-electron chi connectivity index (χ1n) is 14.7. The minimum Gasteiger partial charge on any atom is -0.371 e. The molecule has 2 aromatic carbocycles. The fraction of sp³-hybridized carbons (Fsp3) is 0.467. The molecule has 214 valence electrons. The molecule has 11 heteroatoms. The second kappa shape index (κ2) is 11.1. The van der Waals surface area contributed by atoms with E-state index in [1.165, 1.54) is 5.69 Å². The van der Waals surface area contributed by atoms with Gasteiger partial charge < -0.3 is 35.4 Å². The van der Waals surface area contributed by atoms with Gasteiger partial charge in [-0.1, -0.05) is 0 Å². The van der Waals surface area contributed by atoms with Crippen LogP contribution in [0, 0.1) is 0 Å². The number of ether oxygens (including phenoxy) is 1. The number of anilines is 5. The third kappa shape index (κ3) is 6.20. The minimum atomic E-state index is -0.172. The van der Waals surface area contributed by atoms with E-state index in [-0.39, 0.29) is 18.2 Å². The number of carbonyl (C=O) groups excluding carboxylic acids is 1. The van der Waals surface area contributed by atoms with Crippen molar-refractivity contribution in [2.45, 2.75) is 43.9 Å². The highest BCUT2D eigenvalue weighted by Crippen LogP contribution is 2.30. The van der Waals surface area contributed by atoms with Crippen LogP contribution in [0.4, 0.5) is 33.8 Å². The van der Waals surface area contributed by atoms with Crippen LogP contribution in [-0.2, 0) is 4.74 Å². The fourth-order valence-electron chi connectivity index (χ4n) is 5.70. The zero-order valence-electron chi connectivity index (χ0n) is 23.4. The predicted molar refractivity (Wildman–Crippen MR) is 160 cm³/mol. The third-order valence-electron chi connectivity index (χ3n) is 8.26. The summed E-state index contributed by atoms with van der Waals surface area (Å²) in [6, 6.07) is 16.2. The van der Waals surface area contributed by atoms with Gasteiger partial charge in [-0.15, -0.1) is 0 Å². The summed E-state index contributed by atoms with van der Waals surface area (Å²) in [5.41, 5.74) is 3.73. The van der Waals surface area contributed by atoms with Crippen molar-refractivity contribution in [2.75, 3.05) is 66.7 Å². The molecule has 0 spiro atoms. The van der Waals surface area contributed by atoms with Crippen molar-refractivity contribution in [3.8, 4) is 11.4 Å². The van der Waals surface area contributed by atoms with Crippen molar-refractivity contribution in [1.82, 2.24) is 25.2 Å². The van der Waals surface area contributed by atoms with Crippen LogP contribution in [0.25, 0.3) is 11.4 Å². The minimum absolute atomic E-state index is 0.172. The van der Waals surface area contributed by atoms with E-state index >= 15 is 0 Å². The molecule has 3 aromatic rings. The number of nitrogens with one attached hydrogen (secondary N) is 3. The van der Waals surface area contributed by atoms with Crippen LogP contribution < -0.4 is 25.8 Å². The van der Waals surface area contributed by atoms with Gasteiger partial charge in [0.15, 0.2) is 5.82 Å². The van der Waals surface area contributed by atoms with Crippen LogP contribution in [0.3, 0.4) is 0 Å². The molecule has 2 bridgehead atoms. The van der Waals surface area contributed by atoms with Crippen molar-refractivity contribution in [3.05, 3.63) is 48.5 Å². The first kappa shape index (κ1) is 26.0. The van der Waals surface area contributed by atoms with E-state index in [2.05, 4.69) is 62.0 Å². The molecule has 2 amide bonds. The number of aromatic nitrogens is 3. The number of amides is 2. The van der Waals surface area contributed by atoms with E-state index in [0.29, 0.717) is 23.8 Å². The third-order valence-corrected chi connectivity index (χ3v) is 8.26. The molecule has 1 aromatic heterocycles. The van der Waals surface area contributed by atoms with E-state index in [4.69, 9.17) is 19.7 Å². The molecular weight excluding hydrogens is 518 g/mol. The van der Waals surface area contributed by atoms with Crippen LogP contribution in [0.2, 0.25) is 0 Å². The Bertz CT molecular complexity index is 1360. The van der Waals surface area contributed by atoms with Gasteiger partial charge in [0, 0.05) is 67.9 Å². The highest BCUT2D eigenvalue weighted by atomic mass is 16.5. The summed E-state index contributed by atoms with van der Waals surface area (Å²) >= 11 is 0. The molecule has 1 aliphatic carbocycles. The standard InChI is InChI=1S/C30H37N9O2/c1-37-14-16-38(17-15-37)24-10-8-21(9-11-24)31-28-34-27(35-29(36-28)39-18-25-12-13-26(19-39)41-25)20-2-4-22(5-3-20)32-30(40)33-23-6-7-23/h2-5,8-11,23,25-26H,6-7,12-19H2,1H3,(H2,32,33,40)(H,31,34,35,36). The zero-order chi connectivity index (χ0) is 27.8. The first-order chi connectivity index (χ1) is 20.0. The van der Waals surface area contributed by atoms with Gasteiger partial charge in [0.25, 0.3) is 0 Å². The molecule has 4 fully saturated rings. The lowest BCUT2D eigenvalue weighted by atomic mass is 10.2. The van der Waals surface area contributed by atoms with Gasteiger partial charge in [-0.2, -0.15) is 15.0 Å². The van der Waals surface area contributed by atoms with Crippen LogP contribution in [0.1, 0.15) is 25.7 Å². The maximum absolute atomic E-state index is 12.2. The Labute approximate surface area is 240 Å². The maximum atomic E-state index is 12.2. The van der Waals surface area contributed by atoms with E-state index in [1.807, 2.05) is 24.3 Å². The number of hydrogen-bond acceptors (Lipinski definition) is 9. The molecule has 4 heterocycles. The smallest absolute Gasteiger partial charge is 0.319 e. The molecule has 0 radical (unpaired) electrons. The summed E-state index contributed by atoms with van der Waals surface area (Å²) in [7, 11) is 2.17. The number of urea groups is 1. The Morgan fingerprint density at radius 2 is 1.49 bits per heavy atom. The molecule has 11 nitrogen and oxygen atoms in total. The Morgan fingerprint density at radius 1 is 0.805 bits per heavy atom. The average Bonchev–Trinajstić information content (AvgIpc) is 3.74. The number of nitrogens with zero attached hydrogens (tertiary/aromatic N) is 6. The summed E-state index contributed by atoms with van der Waals surface area (Å²) in [5.74, 6) is 1.74. The molecule has 1 saturated carbocycles. The second-order valence-corrected chi connectivity index (χ2v) is 11.6. The first-order valence-corrected chi connectivity index (χ1v) is 14.7. The van der Waals surface area contributed by atoms with Crippen LogP contribution in [-0.4, -0.2) is 90.4 Å². The van der Waals surface area contributed by atoms with Gasteiger partial charge >= 0.3 is 6.03 Å². The topological polar surface area (TPSA) is 111 Å². The predicted octanol–water partition coefficient (Wildman–Crippen LogP) is 3.69. The van der Waals surface area contributed by atoms with Gasteiger partial charge in [-0.25, -0.2) is 4.79 Å². The van der Waals surface area contributed by atoms with Crippen molar-refractivity contribution >= 4 is 35.0 Å². The fourth-order valence-corrected chi connectivity index (χ4v) is 5.70. The lowest BCUT2D eigenvalue weighted by molar-refractivity contribution is 0.0299. The maximum Gasteiger partial charge on any atom is 0.319 e. The lowest BCUT2D eigenvalue weighted by Crippen LogP contribution is -2.44. The highest BCUT2D eigenvalue weighted by molar-refractivity contribution is 5.89. The van der Waals surface area contributed by atoms with E-state index in [1.54, 1.807) is 0 Å². The van der Waals surface area contributed by atoms with Gasteiger partial charge in [-0.3, -0.25) is 0 Å². The number of likely N-dealkylation sites (N-methyl/N-ethyl adjacent to an activating group) is 1. The molecular formula is C30H37N9O2. The Balaban J connectivity index is 1.12. The molecule has 7 rings (SSSR count). The molecule has 3 saturated heterocycles. The monoisotopic (exact) mass is 555 g/mol. The molecule has 41 heavy (non-hydrogen) atoms. The summed E-state index contributed by atoms with van der Waals surface area (Å²) in [5, 5.41) is 9.27. The molecule has 4 aliphatic rings. The largest absolute Gasteiger partial charge is 0.371 e.